The first-order valence-corrected chi connectivity index (χ1v) is 4.41. The first-order chi connectivity index (χ1) is 5.86. The van der Waals surface area contributed by atoms with E-state index in [9.17, 15) is 0 Å². The largest absolute Gasteiger partial charge is 0.497 e. The van der Waals surface area contributed by atoms with E-state index >= 15 is 0 Å². The SMILES string of the molecule is COc1ccc(C=CCS)cc1. The van der Waals surface area contributed by atoms with Crippen LogP contribution in [0.15, 0.2) is 30.3 Å². The van der Waals surface area contributed by atoms with Gasteiger partial charge in [-0.1, -0.05) is 24.3 Å². The fraction of sp³-hybridized carbons (Fsp3) is 0.200. The molecule has 0 fully saturated rings. The fourth-order valence-electron chi connectivity index (χ4n) is 0.904. The Morgan fingerprint density at radius 3 is 2.50 bits per heavy atom. The zero-order chi connectivity index (χ0) is 8.81. The monoisotopic (exact) mass is 180 g/mol. The van der Waals surface area contributed by atoms with Gasteiger partial charge in [-0.05, 0) is 17.7 Å². The first kappa shape index (κ1) is 9.20. The zero-order valence-electron chi connectivity index (χ0n) is 7.03. The van der Waals surface area contributed by atoms with Gasteiger partial charge < -0.3 is 4.74 Å². The van der Waals surface area contributed by atoms with Gasteiger partial charge in [-0.2, -0.15) is 12.6 Å². The second kappa shape index (κ2) is 4.88. The number of hydrogen-bond donors (Lipinski definition) is 1. The van der Waals surface area contributed by atoms with E-state index in [1.165, 1.54) is 5.56 Å². The van der Waals surface area contributed by atoms with E-state index in [0.29, 0.717) is 0 Å². The van der Waals surface area contributed by atoms with E-state index in [4.69, 9.17) is 4.74 Å². The normalized spacial score (nSPS) is 10.5. The molecule has 1 nitrogen and oxygen atoms in total. The molecule has 0 atom stereocenters. The molecular weight excluding hydrogens is 168 g/mol. The van der Waals surface area contributed by atoms with Crippen molar-refractivity contribution in [3.63, 3.8) is 0 Å². The molecule has 0 spiro atoms. The molecule has 0 aliphatic carbocycles. The minimum Gasteiger partial charge on any atom is -0.497 e. The van der Waals surface area contributed by atoms with E-state index in [0.717, 1.165) is 11.5 Å². The van der Waals surface area contributed by atoms with Crippen LogP contribution < -0.4 is 4.74 Å². The molecule has 0 heterocycles. The number of rotatable bonds is 3. The lowest BCUT2D eigenvalue weighted by molar-refractivity contribution is 0.415. The van der Waals surface area contributed by atoms with Crippen molar-refractivity contribution in [3.8, 4) is 5.75 Å². The molecule has 2 heteroatoms. The lowest BCUT2D eigenvalue weighted by Gasteiger charge is -1.98. The van der Waals surface area contributed by atoms with Gasteiger partial charge in [-0.15, -0.1) is 0 Å². The van der Waals surface area contributed by atoms with Crippen molar-refractivity contribution in [2.75, 3.05) is 12.9 Å². The summed E-state index contributed by atoms with van der Waals surface area (Å²) in [5, 5.41) is 0. The van der Waals surface area contributed by atoms with Crippen molar-refractivity contribution < 1.29 is 4.74 Å². The second-order valence-electron chi connectivity index (χ2n) is 2.36. The van der Waals surface area contributed by atoms with Gasteiger partial charge >= 0.3 is 0 Å². The molecule has 1 rings (SSSR count). The van der Waals surface area contributed by atoms with Crippen LogP contribution in [0.1, 0.15) is 5.56 Å². The second-order valence-corrected chi connectivity index (χ2v) is 2.72. The van der Waals surface area contributed by atoms with Gasteiger partial charge in [0.1, 0.15) is 5.75 Å². The average molecular weight is 180 g/mol. The standard InChI is InChI=1S/C10H12OS/c1-11-10-6-4-9(5-7-10)3-2-8-12/h2-7,12H,8H2,1H3. The van der Waals surface area contributed by atoms with Crippen LogP contribution in [-0.2, 0) is 0 Å². The van der Waals surface area contributed by atoms with Crippen molar-refractivity contribution in [1.82, 2.24) is 0 Å². The Morgan fingerprint density at radius 2 is 2.00 bits per heavy atom. The van der Waals surface area contributed by atoms with Gasteiger partial charge in [0.25, 0.3) is 0 Å². The van der Waals surface area contributed by atoms with Crippen molar-refractivity contribution in [2.45, 2.75) is 0 Å². The lowest BCUT2D eigenvalue weighted by Crippen LogP contribution is -1.81. The van der Waals surface area contributed by atoms with Gasteiger partial charge in [-0.3, -0.25) is 0 Å². The van der Waals surface area contributed by atoms with Crippen LogP contribution in [0.3, 0.4) is 0 Å². The third-order valence-corrected chi connectivity index (χ3v) is 1.74. The highest BCUT2D eigenvalue weighted by atomic mass is 32.1. The maximum atomic E-state index is 5.03. The van der Waals surface area contributed by atoms with E-state index in [-0.39, 0.29) is 0 Å². The number of benzene rings is 1. The summed E-state index contributed by atoms with van der Waals surface area (Å²) in [6, 6.07) is 7.91. The number of ether oxygens (including phenoxy) is 1. The molecule has 1 aromatic carbocycles. The van der Waals surface area contributed by atoms with Crippen molar-refractivity contribution in [3.05, 3.63) is 35.9 Å². The van der Waals surface area contributed by atoms with Gasteiger partial charge in [0.15, 0.2) is 0 Å². The quantitative estimate of drug-likeness (QED) is 0.703. The molecule has 0 aliphatic rings. The molecule has 12 heavy (non-hydrogen) atoms. The summed E-state index contributed by atoms with van der Waals surface area (Å²) in [4.78, 5) is 0. The Hall–Kier alpha value is -0.890. The van der Waals surface area contributed by atoms with Crippen LogP contribution >= 0.6 is 12.6 Å². The van der Waals surface area contributed by atoms with Crippen molar-refractivity contribution in [2.24, 2.45) is 0 Å². The maximum absolute atomic E-state index is 5.03. The number of hydrogen-bond acceptors (Lipinski definition) is 2. The van der Waals surface area contributed by atoms with Crippen molar-refractivity contribution >= 4 is 18.7 Å². The molecule has 0 amide bonds. The molecule has 0 saturated heterocycles. The van der Waals surface area contributed by atoms with E-state index in [2.05, 4.69) is 12.6 Å². The summed E-state index contributed by atoms with van der Waals surface area (Å²) in [5.74, 6) is 1.66. The zero-order valence-corrected chi connectivity index (χ0v) is 7.92. The lowest BCUT2D eigenvalue weighted by atomic mass is 10.2. The Kier molecular flexibility index (Phi) is 3.74. The van der Waals surface area contributed by atoms with Gasteiger partial charge in [-0.25, -0.2) is 0 Å². The van der Waals surface area contributed by atoms with Crippen LogP contribution in [0.4, 0.5) is 0 Å². The third kappa shape index (κ3) is 2.62. The Bertz CT molecular complexity index is 251. The topological polar surface area (TPSA) is 9.23 Å². The predicted molar refractivity (Wildman–Crippen MR) is 55.9 cm³/mol. The smallest absolute Gasteiger partial charge is 0.118 e. The summed E-state index contributed by atoms with van der Waals surface area (Å²) < 4.78 is 5.03. The first-order valence-electron chi connectivity index (χ1n) is 3.78. The van der Waals surface area contributed by atoms with Gasteiger partial charge in [0.2, 0.25) is 0 Å². The minimum absolute atomic E-state index is 0.770. The van der Waals surface area contributed by atoms with E-state index < -0.39 is 0 Å². The molecule has 0 bridgehead atoms. The molecule has 64 valence electrons. The molecule has 0 aliphatic heterocycles. The Morgan fingerprint density at radius 1 is 1.33 bits per heavy atom. The summed E-state index contributed by atoms with van der Waals surface area (Å²) >= 11 is 4.08. The third-order valence-electron chi connectivity index (χ3n) is 1.53. The van der Waals surface area contributed by atoms with Crippen LogP contribution in [0.2, 0.25) is 0 Å². The maximum Gasteiger partial charge on any atom is 0.118 e. The number of methoxy groups -OCH3 is 1. The molecular formula is C10H12OS. The highest BCUT2D eigenvalue weighted by Gasteiger charge is 1.88. The molecule has 0 unspecified atom stereocenters. The van der Waals surface area contributed by atoms with E-state index in [1.807, 2.05) is 36.4 Å². The summed E-state index contributed by atoms with van der Waals surface area (Å²) in [6.07, 6.45) is 4.04. The molecule has 0 radical (unpaired) electrons. The highest BCUT2D eigenvalue weighted by Crippen LogP contribution is 2.12. The molecule has 0 aromatic heterocycles. The Balaban J connectivity index is 2.71. The van der Waals surface area contributed by atoms with Crippen molar-refractivity contribution in [1.29, 1.82) is 0 Å². The van der Waals surface area contributed by atoms with Crippen LogP contribution in [0, 0.1) is 0 Å². The molecule has 1 aromatic rings. The average Bonchev–Trinajstić information content (AvgIpc) is 2.15. The number of thiol groups is 1. The molecule has 0 saturated carbocycles. The fourth-order valence-corrected chi connectivity index (χ4v) is 1.01. The summed E-state index contributed by atoms with van der Waals surface area (Å²) in [5.41, 5.74) is 1.17. The van der Waals surface area contributed by atoms with Crippen LogP contribution in [-0.4, -0.2) is 12.9 Å². The van der Waals surface area contributed by atoms with Gasteiger partial charge in [0, 0.05) is 5.75 Å². The van der Waals surface area contributed by atoms with Crippen LogP contribution in [0.5, 0.6) is 5.75 Å². The highest BCUT2D eigenvalue weighted by molar-refractivity contribution is 7.80. The summed E-state index contributed by atoms with van der Waals surface area (Å²) in [6.45, 7) is 0. The molecule has 0 N–H and O–H groups in total. The summed E-state index contributed by atoms with van der Waals surface area (Å²) in [7, 11) is 1.67. The minimum atomic E-state index is 0.770. The van der Waals surface area contributed by atoms with Gasteiger partial charge in [0.05, 0.1) is 7.11 Å². The van der Waals surface area contributed by atoms with E-state index in [1.54, 1.807) is 7.11 Å². The van der Waals surface area contributed by atoms with Crippen LogP contribution in [0.25, 0.3) is 6.08 Å². The Labute approximate surface area is 78.5 Å². The predicted octanol–water partition coefficient (Wildman–Crippen LogP) is 2.64.